The van der Waals surface area contributed by atoms with Crippen molar-refractivity contribution in [1.82, 2.24) is 5.32 Å². The molecule has 0 radical (unpaired) electrons. The van der Waals surface area contributed by atoms with Gasteiger partial charge in [0.25, 0.3) is 0 Å². The maximum atomic E-state index is 3.40. The Kier molecular flexibility index (Phi) is 2.83. The number of anilines is 1. The summed E-state index contributed by atoms with van der Waals surface area (Å²) in [7, 11) is 0. The molecule has 1 aromatic rings. The normalized spacial score (nSPS) is 26.5. The van der Waals surface area contributed by atoms with Crippen molar-refractivity contribution < 1.29 is 0 Å². The van der Waals surface area contributed by atoms with Gasteiger partial charge in [-0.15, -0.1) is 0 Å². The van der Waals surface area contributed by atoms with Crippen molar-refractivity contribution in [3.8, 4) is 0 Å². The van der Waals surface area contributed by atoms with E-state index in [0.717, 1.165) is 12.0 Å². The summed E-state index contributed by atoms with van der Waals surface area (Å²) < 4.78 is 0. The monoisotopic (exact) mass is 216 g/mol. The van der Waals surface area contributed by atoms with Gasteiger partial charge in [0, 0.05) is 37.3 Å². The quantitative estimate of drug-likeness (QED) is 0.816. The molecule has 0 bridgehead atoms. The van der Waals surface area contributed by atoms with Crippen LogP contribution in [0.25, 0.3) is 0 Å². The molecular formula is C14H20N2. The molecule has 1 atom stereocenters. The number of nitrogens with one attached hydrogen (secondary N) is 1. The van der Waals surface area contributed by atoms with Crippen molar-refractivity contribution in [1.29, 1.82) is 0 Å². The number of hydrogen-bond acceptors (Lipinski definition) is 2. The lowest BCUT2D eigenvalue weighted by molar-refractivity contribution is 0.250. The summed E-state index contributed by atoms with van der Waals surface area (Å²) in [5, 5.41) is 3.40. The molecule has 1 N–H and O–H groups in total. The Morgan fingerprint density at radius 3 is 2.56 bits per heavy atom. The van der Waals surface area contributed by atoms with Crippen molar-refractivity contribution in [3.63, 3.8) is 0 Å². The highest BCUT2D eigenvalue weighted by Gasteiger charge is 2.33. The Morgan fingerprint density at radius 2 is 1.88 bits per heavy atom. The minimum Gasteiger partial charge on any atom is -0.368 e. The Bertz CT molecular complexity index is 332. The number of piperidine rings is 1. The predicted molar refractivity (Wildman–Crippen MR) is 67.8 cm³/mol. The molecule has 1 aromatic carbocycles. The average molecular weight is 216 g/mol. The number of benzene rings is 1. The predicted octanol–water partition coefficient (Wildman–Crippen LogP) is 2.26. The first-order valence-electron chi connectivity index (χ1n) is 6.47. The first-order chi connectivity index (χ1) is 7.95. The fourth-order valence-electron chi connectivity index (χ4n) is 2.97. The van der Waals surface area contributed by atoms with Crippen molar-refractivity contribution in [2.45, 2.75) is 25.3 Å². The molecular weight excluding hydrogens is 196 g/mol. The van der Waals surface area contributed by atoms with Crippen LogP contribution in [0.1, 0.15) is 19.3 Å². The summed E-state index contributed by atoms with van der Waals surface area (Å²) in [5.41, 5.74) is 1.42. The van der Waals surface area contributed by atoms with E-state index in [0.29, 0.717) is 0 Å². The molecule has 0 amide bonds. The van der Waals surface area contributed by atoms with Gasteiger partial charge >= 0.3 is 0 Å². The summed E-state index contributed by atoms with van der Waals surface area (Å²) in [6, 6.07) is 11.7. The molecule has 0 aromatic heterocycles. The van der Waals surface area contributed by atoms with E-state index in [1.807, 2.05) is 0 Å². The second kappa shape index (κ2) is 4.46. The second-order valence-corrected chi connectivity index (χ2v) is 5.01. The van der Waals surface area contributed by atoms with Gasteiger partial charge in [0.1, 0.15) is 0 Å². The van der Waals surface area contributed by atoms with Gasteiger partial charge in [-0.05, 0) is 31.4 Å². The average Bonchev–Trinajstić information content (AvgIpc) is 2.29. The van der Waals surface area contributed by atoms with E-state index in [1.54, 1.807) is 0 Å². The third-order valence-corrected chi connectivity index (χ3v) is 3.99. The van der Waals surface area contributed by atoms with Crippen LogP contribution in [0.4, 0.5) is 5.69 Å². The fourth-order valence-corrected chi connectivity index (χ4v) is 2.97. The van der Waals surface area contributed by atoms with Crippen LogP contribution in [0.2, 0.25) is 0 Å². The molecule has 0 spiro atoms. The van der Waals surface area contributed by atoms with E-state index in [1.165, 1.54) is 44.6 Å². The van der Waals surface area contributed by atoms with Crippen LogP contribution < -0.4 is 10.2 Å². The third kappa shape index (κ3) is 1.82. The van der Waals surface area contributed by atoms with Gasteiger partial charge in [0.05, 0.1) is 0 Å². The number of para-hydroxylation sites is 1. The summed E-state index contributed by atoms with van der Waals surface area (Å²) in [5.74, 6) is 0.875. The molecule has 2 fully saturated rings. The standard InChI is InChI=1S/C14H20N2/c1-2-6-13(7-3-1)16-9-5-4-8-14(16)12-10-15-11-12/h1-3,6-7,12,14-15H,4-5,8-11H2. The van der Waals surface area contributed by atoms with Crippen molar-refractivity contribution >= 4 is 5.69 Å². The van der Waals surface area contributed by atoms with Gasteiger partial charge in [-0.3, -0.25) is 0 Å². The highest BCUT2D eigenvalue weighted by Crippen LogP contribution is 2.30. The molecule has 86 valence electrons. The van der Waals surface area contributed by atoms with Crippen LogP contribution in [0.15, 0.2) is 30.3 Å². The lowest BCUT2D eigenvalue weighted by atomic mass is 9.86. The summed E-state index contributed by atoms with van der Waals surface area (Å²) in [6.07, 6.45) is 4.14. The molecule has 16 heavy (non-hydrogen) atoms. The smallest absolute Gasteiger partial charge is 0.0368 e. The van der Waals surface area contributed by atoms with E-state index < -0.39 is 0 Å². The first kappa shape index (κ1) is 10.2. The third-order valence-electron chi connectivity index (χ3n) is 3.99. The van der Waals surface area contributed by atoms with E-state index in [9.17, 15) is 0 Å². The van der Waals surface area contributed by atoms with E-state index in [4.69, 9.17) is 0 Å². The van der Waals surface area contributed by atoms with Crippen LogP contribution in [0.3, 0.4) is 0 Å². The largest absolute Gasteiger partial charge is 0.368 e. The first-order valence-corrected chi connectivity index (χ1v) is 6.47. The maximum absolute atomic E-state index is 3.40. The van der Waals surface area contributed by atoms with Crippen molar-refractivity contribution in [3.05, 3.63) is 30.3 Å². The Balaban J connectivity index is 1.80. The molecule has 2 saturated heterocycles. The van der Waals surface area contributed by atoms with Crippen LogP contribution in [0, 0.1) is 5.92 Å². The van der Waals surface area contributed by atoms with Gasteiger partial charge in [0.2, 0.25) is 0 Å². The van der Waals surface area contributed by atoms with Gasteiger partial charge in [-0.25, -0.2) is 0 Å². The maximum Gasteiger partial charge on any atom is 0.0368 e. The van der Waals surface area contributed by atoms with Crippen molar-refractivity contribution in [2.24, 2.45) is 5.92 Å². The van der Waals surface area contributed by atoms with Crippen LogP contribution in [-0.4, -0.2) is 25.7 Å². The summed E-state index contributed by atoms with van der Waals surface area (Å²) in [6.45, 7) is 3.67. The zero-order chi connectivity index (χ0) is 10.8. The topological polar surface area (TPSA) is 15.3 Å². The molecule has 0 saturated carbocycles. The van der Waals surface area contributed by atoms with Gasteiger partial charge in [0.15, 0.2) is 0 Å². The van der Waals surface area contributed by atoms with Gasteiger partial charge < -0.3 is 10.2 Å². The molecule has 2 heterocycles. The fraction of sp³-hybridized carbons (Fsp3) is 0.571. The Morgan fingerprint density at radius 1 is 1.06 bits per heavy atom. The molecule has 2 nitrogen and oxygen atoms in total. The SMILES string of the molecule is c1ccc(N2CCCCC2C2CNC2)cc1. The highest BCUT2D eigenvalue weighted by atomic mass is 15.2. The van der Waals surface area contributed by atoms with Gasteiger partial charge in [-0.1, -0.05) is 18.2 Å². The van der Waals surface area contributed by atoms with Crippen molar-refractivity contribution in [2.75, 3.05) is 24.5 Å². The summed E-state index contributed by atoms with van der Waals surface area (Å²) in [4.78, 5) is 2.63. The number of nitrogens with zero attached hydrogens (tertiary/aromatic N) is 1. The molecule has 0 aliphatic carbocycles. The van der Waals surface area contributed by atoms with E-state index in [2.05, 4.69) is 40.5 Å². The molecule has 1 unspecified atom stereocenters. The van der Waals surface area contributed by atoms with E-state index >= 15 is 0 Å². The summed E-state index contributed by atoms with van der Waals surface area (Å²) >= 11 is 0. The van der Waals surface area contributed by atoms with E-state index in [-0.39, 0.29) is 0 Å². The molecule has 2 aliphatic heterocycles. The zero-order valence-corrected chi connectivity index (χ0v) is 9.73. The number of rotatable bonds is 2. The number of hydrogen-bond donors (Lipinski definition) is 1. The Hall–Kier alpha value is -1.02. The minimum absolute atomic E-state index is 0.775. The van der Waals surface area contributed by atoms with Crippen LogP contribution in [0.5, 0.6) is 0 Å². The lowest BCUT2D eigenvalue weighted by Gasteiger charge is -2.45. The molecule has 3 rings (SSSR count). The molecule has 2 heteroatoms. The second-order valence-electron chi connectivity index (χ2n) is 5.01. The zero-order valence-electron chi connectivity index (χ0n) is 9.73. The lowest BCUT2D eigenvalue weighted by Crippen LogP contribution is -2.56. The Labute approximate surface area is 97.6 Å². The van der Waals surface area contributed by atoms with Crippen LogP contribution in [-0.2, 0) is 0 Å². The van der Waals surface area contributed by atoms with Gasteiger partial charge in [-0.2, -0.15) is 0 Å². The minimum atomic E-state index is 0.775. The molecule has 2 aliphatic rings. The van der Waals surface area contributed by atoms with Crippen LogP contribution >= 0.6 is 0 Å². The highest BCUT2D eigenvalue weighted by molar-refractivity contribution is 5.47.